The van der Waals surface area contributed by atoms with Crippen LogP contribution in [0.3, 0.4) is 0 Å². The molecule has 156 valence electrons. The Morgan fingerprint density at radius 1 is 1.20 bits per heavy atom. The minimum Gasteiger partial charge on any atom is -0.397 e. The van der Waals surface area contributed by atoms with E-state index in [1.807, 2.05) is 36.6 Å². The number of nitrogen functional groups attached to an aromatic ring is 1. The van der Waals surface area contributed by atoms with Crippen LogP contribution in [-0.2, 0) is 10.7 Å². The van der Waals surface area contributed by atoms with E-state index in [1.54, 1.807) is 41.7 Å². The fraction of sp³-hybridized carbons (Fsp3) is 0.261. The predicted octanol–water partition coefficient (Wildman–Crippen LogP) is 5.96. The minimum absolute atomic E-state index is 0.151. The maximum atomic E-state index is 12.8. The molecule has 30 heavy (non-hydrogen) atoms. The van der Waals surface area contributed by atoms with Crippen molar-refractivity contribution < 1.29 is 14.3 Å². The smallest absolute Gasteiger partial charge is 0.255 e. The van der Waals surface area contributed by atoms with Crippen LogP contribution in [0.2, 0.25) is 0 Å². The highest BCUT2D eigenvalue weighted by Gasteiger charge is 2.54. The van der Waals surface area contributed by atoms with E-state index in [1.165, 1.54) is 0 Å². The third-order valence-electron chi connectivity index (χ3n) is 5.95. The summed E-state index contributed by atoms with van der Waals surface area (Å²) in [5.41, 5.74) is 9.36. The normalized spacial score (nSPS) is 16.6. The first kappa shape index (κ1) is 20.9. The molecule has 7 heteroatoms. The van der Waals surface area contributed by atoms with Crippen molar-refractivity contribution in [1.29, 1.82) is 0 Å². The maximum Gasteiger partial charge on any atom is 0.255 e. The van der Waals surface area contributed by atoms with E-state index in [2.05, 4.69) is 5.32 Å². The van der Waals surface area contributed by atoms with Crippen LogP contribution >= 0.6 is 18.7 Å². The number of anilines is 2. The third-order valence-corrected chi connectivity index (χ3v) is 9.91. The van der Waals surface area contributed by atoms with Gasteiger partial charge < -0.3 is 15.9 Å². The van der Waals surface area contributed by atoms with Gasteiger partial charge in [-0.15, -0.1) is 11.3 Å². The highest BCUT2D eigenvalue weighted by Crippen LogP contribution is 2.70. The van der Waals surface area contributed by atoms with E-state index in [0.717, 1.165) is 35.3 Å². The van der Waals surface area contributed by atoms with Crippen molar-refractivity contribution in [3.63, 3.8) is 0 Å². The van der Waals surface area contributed by atoms with Crippen molar-refractivity contribution in [1.82, 2.24) is 0 Å². The standard InChI is InChI=1S/C23H25N2O3PS/c1-2-23(11-12-23)29(27,28)15-16-5-7-17(8-6-16)22(26)25-20-14-18(9-10-19(20)24)21-4-3-13-30-21/h3-10,13-14H,2,11-12,15,24H2,1H3,(H,25,26)(H,27,28). The number of amides is 1. The molecule has 0 saturated heterocycles. The minimum atomic E-state index is -3.25. The summed E-state index contributed by atoms with van der Waals surface area (Å²) < 4.78 is 12.8. The van der Waals surface area contributed by atoms with Gasteiger partial charge >= 0.3 is 0 Å². The van der Waals surface area contributed by atoms with E-state index >= 15 is 0 Å². The van der Waals surface area contributed by atoms with Gasteiger partial charge in [0.1, 0.15) is 0 Å². The SMILES string of the molecule is CCC1(P(=O)(O)Cc2ccc(C(=O)Nc3cc(-c4cccs4)ccc3N)cc2)CC1. The summed E-state index contributed by atoms with van der Waals surface area (Å²) in [6.07, 6.45) is 2.53. The Hall–Kier alpha value is -2.40. The number of carbonyl (C=O) groups is 1. The van der Waals surface area contributed by atoms with Gasteiger partial charge in [-0.2, -0.15) is 0 Å². The summed E-state index contributed by atoms with van der Waals surface area (Å²) in [4.78, 5) is 24.3. The van der Waals surface area contributed by atoms with Gasteiger partial charge in [-0.05, 0) is 66.1 Å². The van der Waals surface area contributed by atoms with Gasteiger partial charge in [0.05, 0.1) is 17.5 Å². The van der Waals surface area contributed by atoms with Crippen molar-refractivity contribution in [3.8, 4) is 10.4 Å². The van der Waals surface area contributed by atoms with Crippen molar-refractivity contribution >= 4 is 36.0 Å². The molecule has 1 heterocycles. The molecule has 0 radical (unpaired) electrons. The largest absolute Gasteiger partial charge is 0.397 e. The van der Waals surface area contributed by atoms with Gasteiger partial charge in [-0.3, -0.25) is 9.36 Å². The summed E-state index contributed by atoms with van der Waals surface area (Å²) in [6, 6.07) is 16.5. The number of hydrogen-bond acceptors (Lipinski definition) is 4. The average molecular weight is 441 g/mol. The Balaban J connectivity index is 1.47. The molecule has 0 aliphatic heterocycles. The van der Waals surface area contributed by atoms with Gasteiger partial charge in [-0.25, -0.2) is 0 Å². The number of nitrogens with two attached hydrogens (primary N) is 1. The molecule has 1 fully saturated rings. The van der Waals surface area contributed by atoms with E-state index in [0.29, 0.717) is 16.9 Å². The zero-order valence-electron chi connectivity index (χ0n) is 16.8. The number of benzene rings is 2. The number of carbonyl (C=O) groups excluding carboxylic acids is 1. The molecule has 1 aliphatic rings. The second kappa shape index (κ2) is 8.03. The van der Waals surface area contributed by atoms with Crippen LogP contribution in [0, 0.1) is 0 Å². The Labute approximate surface area is 180 Å². The first-order valence-electron chi connectivity index (χ1n) is 9.99. The molecule has 0 spiro atoms. The molecular weight excluding hydrogens is 415 g/mol. The van der Waals surface area contributed by atoms with Crippen LogP contribution < -0.4 is 11.1 Å². The highest BCUT2D eigenvalue weighted by atomic mass is 32.1. The summed E-state index contributed by atoms with van der Waals surface area (Å²) in [5, 5.41) is 4.48. The van der Waals surface area contributed by atoms with Gasteiger partial charge in [0.25, 0.3) is 5.91 Å². The first-order chi connectivity index (χ1) is 14.3. The summed E-state index contributed by atoms with van der Waals surface area (Å²) >= 11 is 1.62. The second-order valence-corrected chi connectivity index (χ2v) is 11.5. The van der Waals surface area contributed by atoms with Crippen molar-refractivity contribution in [2.75, 3.05) is 11.1 Å². The van der Waals surface area contributed by atoms with E-state index in [4.69, 9.17) is 5.73 Å². The topological polar surface area (TPSA) is 92.4 Å². The molecule has 1 saturated carbocycles. The molecule has 2 aromatic carbocycles. The Morgan fingerprint density at radius 3 is 2.53 bits per heavy atom. The fourth-order valence-electron chi connectivity index (χ4n) is 3.73. The van der Waals surface area contributed by atoms with Crippen molar-refractivity contribution in [2.45, 2.75) is 37.5 Å². The lowest BCUT2D eigenvalue weighted by atomic mass is 10.1. The molecule has 1 aliphatic carbocycles. The van der Waals surface area contributed by atoms with E-state index in [9.17, 15) is 14.3 Å². The Morgan fingerprint density at radius 2 is 1.93 bits per heavy atom. The maximum absolute atomic E-state index is 12.8. The van der Waals surface area contributed by atoms with Gasteiger partial charge in [0.15, 0.2) is 0 Å². The first-order valence-corrected chi connectivity index (χ1v) is 12.7. The Bertz CT molecular complexity index is 1110. The van der Waals surface area contributed by atoms with Gasteiger partial charge in [0, 0.05) is 15.6 Å². The molecule has 1 unspecified atom stereocenters. The molecular formula is C23H25N2O3PS. The van der Waals surface area contributed by atoms with Crippen LogP contribution in [0.4, 0.5) is 11.4 Å². The zero-order chi connectivity index (χ0) is 21.4. The molecule has 4 rings (SSSR count). The summed E-state index contributed by atoms with van der Waals surface area (Å²) in [5.74, 6) is -0.268. The van der Waals surface area contributed by atoms with Crippen LogP contribution in [0.15, 0.2) is 60.0 Å². The third kappa shape index (κ3) is 4.08. The second-order valence-electron chi connectivity index (χ2n) is 7.87. The van der Waals surface area contributed by atoms with E-state index < -0.39 is 12.5 Å². The molecule has 5 nitrogen and oxygen atoms in total. The molecule has 3 aromatic rings. The molecule has 1 atom stereocenters. The van der Waals surface area contributed by atoms with Gasteiger partial charge in [0.2, 0.25) is 7.37 Å². The molecule has 1 aromatic heterocycles. The van der Waals surface area contributed by atoms with Crippen LogP contribution in [-0.4, -0.2) is 16.0 Å². The zero-order valence-corrected chi connectivity index (χ0v) is 18.5. The number of hydrogen-bond donors (Lipinski definition) is 3. The monoisotopic (exact) mass is 440 g/mol. The molecule has 4 N–H and O–H groups in total. The Kier molecular flexibility index (Phi) is 5.58. The number of rotatable bonds is 7. The quantitative estimate of drug-likeness (QED) is 0.312. The van der Waals surface area contributed by atoms with Crippen molar-refractivity contribution in [2.24, 2.45) is 0 Å². The lowest BCUT2D eigenvalue weighted by Crippen LogP contribution is -2.13. The fourth-order valence-corrected chi connectivity index (χ4v) is 6.80. The number of nitrogens with one attached hydrogen (secondary N) is 1. The van der Waals surface area contributed by atoms with Crippen LogP contribution in [0.1, 0.15) is 42.1 Å². The molecule has 0 bridgehead atoms. The van der Waals surface area contributed by atoms with Crippen molar-refractivity contribution in [3.05, 3.63) is 71.1 Å². The highest BCUT2D eigenvalue weighted by molar-refractivity contribution is 7.59. The number of thiophene rings is 1. The van der Waals surface area contributed by atoms with Crippen LogP contribution in [0.25, 0.3) is 10.4 Å². The molecule has 1 amide bonds. The van der Waals surface area contributed by atoms with E-state index in [-0.39, 0.29) is 12.1 Å². The summed E-state index contributed by atoms with van der Waals surface area (Å²) in [7, 11) is -3.25. The van der Waals surface area contributed by atoms with Gasteiger partial charge in [-0.1, -0.05) is 31.2 Å². The lowest BCUT2D eigenvalue weighted by Gasteiger charge is -2.21. The van der Waals surface area contributed by atoms with Crippen LogP contribution in [0.5, 0.6) is 0 Å². The average Bonchev–Trinajstić information content (AvgIpc) is 3.37. The lowest BCUT2D eigenvalue weighted by molar-refractivity contribution is 0.102. The predicted molar refractivity (Wildman–Crippen MR) is 124 cm³/mol. The summed E-state index contributed by atoms with van der Waals surface area (Å²) in [6.45, 7) is 1.97.